The Morgan fingerprint density at radius 1 is 1.08 bits per heavy atom. The molecular weight excluding hydrogens is 331 g/mol. The van der Waals surface area contributed by atoms with Crippen molar-refractivity contribution in [3.05, 3.63) is 84.3 Å². The number of amides is 1. The number of carbonyl (C=O) groups excluding carboxylic acids is 1. The molecule has 0 aliphatic rings. The lowest BCUT2D eigenvalue weighted by Crippen LogP contribution is -2.13. The minimum Gasteiger partial charge on any atom is -0.322 e. The van der Waals surface area contributed by atoms with Gasteiger partial charge in [-0.05, 0) is 37.3 Å². The Bertz CT molecular complexity index is 1110. The number of aryl methyl sites for hydroxylation is 1. The van der Waals surface area contributed by atoms with Gasteiger partial charge in [0.1, 0.15) is 11.6 Å². The zero-order valence-electron chi connectivity index (χ0n) is 14.0. The number of rotatable bonds is 3. The van der Waals surface area contributed by atoms with E-state index in [1.807, 2.05) is 18.2 Å². The summed E-state index contributed by atoms with van der Waals surface area (Å²) < 4.78 is 16.1. The summed E-state index contributed by atoms with van der Waals surface area (Å²) in [6, 6.07) is 13.7. The maximum atomic E-state index is 14.5. The lowest BCUT2D eigenvalue weighted by atomic mass is 10.1. The first-order valence-electron chi connectivity index (χ1n) is 8.08. The van der Waals surface area contributed by atoms with Gasteiger partial charge in [-0.15, -0.1) is 0 Å². The Balaban J connectivity index is 1.64. The summed E-state index contributed by atoms with van der Waals surface area (Å²) in [4.78, 5) is 21.0. The molecule has 0 fully saturated rings. The highest BCUT2D eigenvalue weighted by Gasteiger charge is 2.13. The zero-order chi connectivity index (χ0) is 18.1. The summed E-state index contributed by atoms with van der Waals surface area (Å²) in [6.45, 7) is 1.79. The molecule has 0 unspecified atom stereocenters. The Morgan fingerprint density at radius 3 is 2.69 bits per heavy atom. The van der Waals surface area contributed by atoms with Crippen LogP contribution in [-0.2, 0) is 0 Å². The summed E-state index contributed by atoms with van der Waals surface area (Å²) in [5.74, 6) is -0.0947. The average Bonchev–Trinajstić information content (AvgIpc) is 3.07. The number of fused-ring (bicyclic) bond motifs is 1. The Morgan fingerprint density at radius 2 is 1.92 bits per heavy atom. The molecule has 2 heterocycles. The third kappa shape index (κ3) is 2.82. The van der Waals surface area contributed by atoms with Crippen LogP contribution in [0.25, 0.3) is 16.6 Å². The molecule has 1 amide bonds. The van der Waals surface area contributed by atoms with E-state index in [2.05, 4.69) is 15.3 Å². The number of anilines is 1. The number of hydrogen-bond acceptors (Lipinski definition) is 3. The number of imidazole rings is 1. The number of halogens is 1. The van der Waals surface area contributed by atoms with Crippen LogP contribution in [0, 0.1) is 12.7 Å². The van der Waals surface area contributed by atoms with Gasteiger partial charge in [-0.2, -0.15) is 0 Å². The van der Waals surface area contributed by atoms with Crippen molar-refractivity contribution in [1.82, 2.24) is 14.5 Å². The number of carbonyl (C=O) groups is 1. The third-order valence-corrected chi connectivity index (χ3v) is 4.17. The molecule has 0 saturated heterocycles. The van der Waals surface area contributed by atoms with Crippen LogP contribution in [0.5, 0.6) is 0 Å². The van der Waals surface area contributed by atoms with Crippen molar-refractivity contribution in [1.29, 1.82) is 0 Å². The van der Waals surface area contributed by atoms with E-state index in [1.165, 1.54) is 6.07 Å². The molecule has 0 aliphatic heterocycles. The van der Waals surface area contributed by atoms with Crippen LogP contribution in [0.3, 0.4) is 0 Å². The van der Waals surface area contributed by atoms with Crippen molar-refractivity contribution in [2.75, 3.05) is 5.32 Å². The van der Waals surface area contributed by atoms with Crippen molar-refractivity contribution >= 4 is 22.5 Å². The van der Waals surface area contributed by atoms with Gasteiger partial charge < -0.3 is 9.88 Å². The fraction of sp³-hybridized carbons (Fsp3) is 0.0500. The molecule has 0 saturated carbocycles. The van der Waals surface area contributed by atoms with Gasteiger partial charge in [-0.25, -0.2) is 9.37 Å². The number of nitrogens with one attached hydrogen (secondary N) is 1. The molecule has 0 spiro atoms. The molecule has 2 aromatic carbocycles. The molecule has 4 rings (SSSR count). The Labute approximate surface area is 149 Å². The smallest absolute Gasteiger partial charge is 0.257 e. The van der Waals surface area contributed by atoms with Crippen LogP contribution in [-0.4, -0.2) is 20.4 Å². The van der Waals surface area contributed by atoms with Gasteiger partial charge in [0, 0.05) is 29.7 Å². The third-order valence-electron chi connectivity index (χ3n) is 4.17. The van der Waals surface area contributed by atoms with E-state index in [0.717, 1.165) is 5.39 Å². The molecule has 4 aromatic rings. The first-order valence-corrected chi connectivity index (χ1v) is 8.08. The van der Waals surface area contributed by atoms with E-state index in [1.54, 1.807) is 54.3 Å². The first-order chi connectivity index (χ1) is 12.6. The summed E-state index contributed by atoms with van der Waals surface area (Å²) in [6.07, 6.45) is 4.94. The second kappa shape index (κ2) is 6.40. The Hall–Kier alpha value is -3.54. The summed E-state index contributed by atoms with van der Waals surface area (Å²) in [7, 11) is 0. The molecule has 128 valence electrons. The van der Waals surface area contributed by atoms with Crippen molar-refractivity contribution in [3.8, 4) is 5.69 Å². The van der Waals surface area contributed by atoms with Crippen LogP contribution >= 0.6 is 0 Å². The molecule has 0 radical (unpaired) electrons. The van der Waals surface area contributed by atoms with Crippen molar-refractivity contribution < 1.29 is 9.18 Å². The topological polar surface area (TPSA) is 59.8 Å². The zero-order valence-corrected chi connectivity index (χ0v) is 14.0. The first kappa shape index (κ1) is 16.0. The Kier molecular flexibility index (Phi) is 3.93. The van der Waals surface area contributed by atoms with Gasteiger partial charge in [0.05, 0.1) is 16.8 Å². The quantitative estimate of drug-likeness (QED) is 0.607. The summed E-state index contributed by atoms with van der Waals surface area (Å²) in [5, 5.41) is 3.61. The van der Waals surface area contributed by atoms with Crippen LogP contribution in [0.4, 0.5) is 10.1 Å². The standard InChI is InChI=1S/C20H15FN4O/c1-13-22-10-11-25(13)18-8-7-15(12-17(18)21)24-20(26)16-6-2-4-14-5-3-9-23-19(14)16/h2-12H,1H3,(H,24,26). The normalized spacial score (nSPS) is 10.8. The molecule has 2 aromatic heterocycles. The predicted octanol–water partition coefficient (Wildman–Crippen LogP) is 4.12. The van der Waals surface area contributed by atoms with Gasteiger partial charge in [0.15, 0.2) is 0 Å². The van der Waals surface area contributed by atoms with Crippen LogP contribution < -0.4 is 5.32 Å². The van der Waals surface area contributed by atoms with Crippen molar-refractivity contribution in [2.45, 2.75) is 6.92 Å². The fourth-order valence-electron chi connectivity index (χ4n) is 2.90. The monoisotopic (exact) mass is 346 g/mol. The molecule has 1 N–H and O–H groups in total. The number of hydrogen-bond donors (Lipinski definition) is 1. The highest BCUT2D eigenvalue weighted by Crippen LogP contribution is 2.21. The van der Waals surface area contributed by atoms with E-state index >= 15 is 0 Å². The van der Waals surface area contributed by atoms with Gasteiger partial charge in [0.2, 0.25) is 0 Å². The number of benzene rings is 2. The number of pyridine rings is 1. The molecule has 26 heavy (non-hydrogen) atoms. The van der Waals surface area contributed by atoms with Gasteiger partial charge in [-0.1, -0.05) is 18.2 Å². The van der Waals surface area contributed by atoms with Crippen molar-refractivity contribution in [2.24, 2.45) is 0 Å². The van der Waals surface area contributed by atoms with Crippen LogP contribution in [0.2, 0.25) is 0 Å². The minimum atomic E-state index is -0.444. The average molecular weight is 346 g/mol. The second-order valence-electron chi connectivity index (χ2n) is 5.85. The largest absolute Gasteiger partial charge is 0.322 e. The van der Waals surface area contributed by atoms with Crippen LogP contribution in [0.1, 0.15) is 16.2 Å². The van der Waals surface area contributed by atoms with E-state index in [-0.39, 0.29) is 5.91 Å². The number of nitrogens with zero attached hydrogens (tertiary/aromatic N) is 3. The molecule has 0 bridgehead atoms. The summed E-state index contributed by atoms with van der Waals surface area (Å²) in [5.41, 5.74) is 1.81. The SMILES string of the molecule is Cc1nccn1-c1ccc(NC(=O)c2cccc3cccnc23)cc1F. The highest BCUT2D eigenvalue weighted by molar-refractivity contribution is 6.11. The maximum Gasteiger partial charge on any atom is 0.257 e. The fourth-order valence-corrected chi connectivity index (χ4v) is 2.90. The molecule has 0 aliphatic carbocycles. The highest BCUT2D eigenvalue weighted by atomic mass is 19.1. The van der Waals surface area contributed by atoms with Crippen LogP contribution in [0.15, 0.2) is 67.1 Å². The van der Waals surface area contributed by atoms with E-state index < -0.39 is 5.82 Å². The predicted molar refractivity (Wildman–Crippen MR) is 98.0 cm³/mol. The van der Waals surface area contributed by atoms with E-state index in [0.29, 0.717) is 28.3 Å². The van der Waals surface area contributed by atoms with Gasteiger partial charge >= 0.3 is 0 Å². The van der Waals surface area contributed by atoms with E-state index in [4.69, 9.17) is 0 Å². The molecular formula is C20H15FN4O. The number of para-hydroxylation sites is 1. The van der Waals surface area contributed by atoms with Gasteiger partial charge in [0.25, 0.3) is 5.91 Å². The lowest BCUT2D eigenvalue weighted by molar-refractivity contribution is 0.102. The molecule has 5 nitrogen and oxygen atoms in total. The van der Waals surface area contributed by atoms with Gasteiger partial charge in [-0.3, -0.25) is 9.78 Å². The van der Waals surface area contributed by atoms with Crippen molar-refractivity contribution in [3.63, 3.8) is 0 Å². The van der Waals surface area contributed by atoms with E-state index in [9.17, 15) is 9.18 Å². The molecule has 6 heteroatoms. The molecule has 0 atom stereocenters. The maximum absolute atomic E-state index is 14.5. The second-order valence-corrected chi connectivity index (χ2v) is 5.85. The minimum absolute atomic E-state index is 0.333. The number of aromatic nitrogens is 3. The summed E-state index contributed by atoms with van der Waals surface area (Å²) >= 11 is 0. The lowest BCUT2D eigenvalue weighted by Gasteiger charge is -2.10.